The molecule has 0 radical (unpaired) electrons. The van der Waals surface area contributed by atoms with Gasteiger partial charge in [0.25, 0.3) is 0 Å². The van der Waals surface area contributed by atoms with Gasteiger partial charge in [0.2, 0.25) is 5.91 Å². The Bertz CT molecular complexity index is 956. The van der Waals surface area contributed by atoms with Gasteiger partial charge in [-0.15, -0.1) is 0 Å². The third-order valence-electron chi connectivity index (χ3n) is 5.87. The smallest absolute Gasteiger partial charge is 0.305 e. The SMILES string of the molecule is COC(=O)CCCSCCN1C(=O)CCC1CCC(O)c1cccc(Oc2cccc(F)c2)c1. The molecule has 3 rings (SSSR count). The molecule has 2 aromatic rings. The lowest BCUT2D eigenvalue weighted by Gasteiger charge is -2.25. The average molecular weight is 490 g/mol. The number of hydrogen-bond acceptors (Lipinski definition) is 6. The maximum absolute atomic E-state index is 13.4. The molecular weight excluding hydrogens is 457 g/mol. The molecule has 1 saturated heterocycles. The number of hydrogen-bond donors (Lipinski definition) is 1. The van der Waals surface area contributed by atoms with Gasteiger partial charge in [-0.1, -0.05) is 18.2 Å². The van der Waals surface area contributed by atoms with Gasteiger partial charge in [-0.25, -0.2) is 4.39 Å². The number of nitrogens with zero attached hydrogens (tertiary/aromatic N) is 1. The minimum absolute atomic E-state index is 0.129. The number of aliphatic hydroxyl groups excluding tert-OH is 1. The molecule has 1 N–H and O–H groups in total. The Balaban J connectivity index is 1.45. The fraction of sp³-hybridized carbons (Fsp3) is 0.462. The van der Waals surface area contributed by atoms with Gasteiger partial charge < -0.3 is 19.5 Å². The number of esters is 1. The van der Waals surface area contributed by atoms with Gasteiger partial charge in [-0.05, 0) is 61.3 Å². The fourth-order valence-electron chi connectivity index (χ4n) is 4.06. The highest BCUT2D eigenvalue weighted by atomic mass is 32.2. The van der Waals surface area contributed by atoms with Gasteiger partial charge in [-0.2, -0.15) is 11.8 Å². The van der Waals surface area contributed by atoms with Crippen molar-refractivity contribution in [2.24, 2.45) is 0 Å². The van der Waals surface area contributed by atoms with Crippen LogP contribution in [0.4, 0.5) is 4.39 Å². The van der Waals surface area contributed by atoms with Crippen molar-refractivity contribution in [1.82, 2.24) is 4.90 Å². The Morgan fingerprint density at radius 2 is 1.97 bits per heavy atom. The molecule has 34 heavy (non-hydrogen) atoms. The molecule has 8 heteroatoms. The molecule has 0 saturated carbocycles. The van der Waals surface area contributed by atoms with Crippen molar-refractivity contribution in [3.8, 4) is 11.5 Å². The molecule has 2 aromatic carbocycles. The van der Waals surface area contributed by atoms with E-state index in [0.29, 0.717) is 37.3 Å². The molecule has 1 amide bonds. The highest BCUT2D eigenvalue weighted by Crippen LogP contribution is 2.30. The molecule has 2 atom stereocenters. The maximum atomic E-state index is 13.4. The number of halogens is 1. The molecule has 1 aliphatic heterocycles. The number of carbonyl (C=O) groups is 2. The van der Waals surface area contributed by atoms with Crippen LogP contribution in [0.15, 0.2) is 48.5 Å². The second-order valence-electron chi connectivity index (χ2n) is 8.30. The van der Waals surface area contributed by atoms with E-state index in [1.54, 1.807) is 42.1 Å². The summed E-state index contributed by atoms with van der Waals surface area (Å²) in [5, 5.41) is 10.7. The molecule has 0 spiro atoms. The highest BCUT2D eigenvalue weighted by molar-refractivity contribution is 7.99. The van der Waals surface area contributed by atoms with Crippen LogP contribution in [0.25, 0.3) is 0 Å². The van der Waals surface area contributed by atoms with E-state index in [9.17, 15) is 19.1 Å². The molecule has 1 aliphatic rings. The summed E-state index contributed by atoms with van der Waals surface area (Å²) in [5.41, 5.74) is 0.728. The van der Waals surface area contributed by atoms with E-state index in [1.165, 1.54) is 19.2 Å². The van der Waals surface area contributed by atoms with Crippen molar-refractivity contribution < 1.29 is 28.6 Å². The Morgan fingerprint density at radius 3 is 2.74 bits per heavy atom. The Hall–Kier alpha value is -2.58. The largest absolute Gasteiger partial charge is 0.469 e. The van der Waals surface area contributed by atoms with Crippen LogP contribution >= 0.6 is 11.8 Å². The predicted octanol–water partition coefficient (Wildman–Crippen LogP) is 5.11. The standard InChI is InChI=1S/C26H32FNO5S/c1-32-26(31)9-4-15-34-16-14-28-21(11-13-25(28)30)10-12-24(29)19-5-2-7-22(17-19)33-23-8-3-6-20(27)18-23/h2-3,5-8,17-18,21,24,29H,4,9-16H2,1H3. The monoisotopic (exact) mass is 489 g/mol. The molecule has 0 bridgehead atoms. The van der Waals surface area contributed by atoms with E-state index >= 15 is 0 Å². The van der Waals surface area contributed by atoms with E-state index in [1.807, 2.05) is 11.0 Å². The number of benzene rings is 2. The number of aliphatic hydroxyl groups is 1. The second kappa shape index (κ2) is 13.3. The first kappa shape index (κ1) is 26.0. The Morgan fingerprint density at radius 1 is 1.21 bits per heavy atom. The minimum Gasteiger partial charge on any atom is -0.469 e. The summed E-state index contributed by atoms with van der Waals surface area (Å²) in [5.74, 6) is 2.21. The quantitative estimate of drug-likeness (QED) is 0.311. The zero-order valence-corrected chi connectivity index (χ0v) is 20.3. The van der Waals surface area contributed by atoms with Gasteiger partial charge in [0.15, 0.2) is 0 Å². The molecular formula is C26H32FNO5S. The van der Waals surface area contributed by atoms with Crippen molar-refractivity contribution in [3.63, 3.8) is 0 Å². The van der Waals surface area contributed by atoms with Crippen molar-refractivity contribution in [2.75, 3.05) is 25.2 Å². The van der Waals surface area contributed by atoms with E-state index < -0.39 is 6.10 Å². The van der Waals surface area contributed by atoms with Crippen LogP contribution in [0.1, 0.15) is 50.2 Å². The third kappa shape index (κ3) is 8.02. The molecule has 184 valence electrons. The predicted molar refractivity (Wildman–Crippen MR) is 130 cm³/mol. The third-order valence-corrected chi connectivity index (χ3v) is 6.92. The number of rotatable bonds is 13. The van der Waals surface area contributed by atoms with Gasteiger partial charge >= 0.3 is 5.97 Å². The number of carbonyl (C=O) groups excluding carboxylic acids is 2. The average Bonchev–Trinajstić information content (AvgIpc) is 3.18. The van der Waals surface area contributed by atoms with Crippen LogP contribution in [-0.4, -0.2) is 53.1 Å². The zero-order chi connectivity index (χ0) is 24.3. The number of likely N-dealkylation sites (tertiary alicyclic amines) is 1. The first-order chi connectivity index (χ1) is 16.5. The van der Waals surface area contributed by atoms with Crippen molar-refractivity contribution >= 4 is 23.6 Å². The van der Waals surface area contributed by atoms with Crippen LogP contribution in [0.5, 0.6) is 11.5 Å². The van der Waals surface area contributed by atoms with Crippen LogP contribution in [0, 0.1) is 5.82 Å². The number of ether oxygens (including phenoxy) is 2. The summed E-state index contributed by atoms with van der Waals surface area (Å²) < 4.78 is 23.8. The fourth-order valence-corrected chi connectivity index (χ4v) is 4.93. The van der Waals surface area contributed by atoms with E-state index in [0.717, 1.165) is 36.3 Å². The van der Waals surface area contributed by atoms with Crippen molar-refractivity contribution in [3.05, 3.63) is 59.9 Å². The lowest BCUT2D eigenvalue weighted by molar-refractivity contribution is -0.140. The Kier molecular flexibility index (Phi) is 10.2. The summed E-state index contributed by atoms with van der Waals surface area (Å²) in [7, 11) is 1.39. The molecule has 1 fully saturated rings. The van der Waals surface area contributed by atoms with Gasteiger partial charge in [0, 0.05) is 37.2 Å². The molecule has 1 heterocycles. The van der Waals surface area contributed by atoms with Gasteiger partial charge in [0.05, 0.1) is 13.2 Å². The molecule has 0 aromatic heterocycles. The molecule has 6 nitrogen and oxygen atoms in total. The molecule has 2 unspecified atom stereocenters. The van der Waals surface area contributed by atoms with E-state index in [2.05, 4.69) is 4.74 Å². The topological polar surface area (TPSA) is 76.1 Å². The first-order valence-electron chi connectivity index (χ1n) is 11.6. The molecule has 0 aliphatic carbocycles. The zero-order valence-electron chi connectivity index (χ0n) is 19.5. The summed E-state index contributed by atoms with van der Waals surface area (Å²) in [6.45, 7) is 0.680. The number of thioether (sulfide) groups is 1. The van der Waals surface area contributed by atoms with Gasteiger partial charge in [0.1, 0.15) is 17.3 Å². The lowest BCUT2D eigenvalue weighted by atomic mass is 10.0. The summed E-state index contributed by atoms with van der Waals surface area (Å²) >= 11 is 1.73. The van der Waals surface area contributed by atoms with Crippen LogP contribution in [0.3, 0.4) is 0 Å². The summed E-state index contributed by atoms with van der Waals surface area (Å²) in [6.07, 6.45) is 3.11. The normalized spacial score (nSPS) is 16.5. The van der Waals surface area contributed by atoms with Crippen molar-refractivity contribution in [2.45, 2.75) is 50.7 Å². The second-order valence-corrected chi connectivity index (χ2v) is 9.52. The van der Waals surface area contributed by atoms with Crippen LogP contribution in [0.2, 0.25) is 0 Å². The summed E-state index contributed by atoms with van der Waals surface area (Å²) in [4.78, 5) is 25.4. The number of amides is 1. The van der Waals surface area contributed by atoms with E-state index in [4.69, 9.17) is 4.74 Å². The van der Waals surface area contributed by atoms with Crippen LogP contribution in [-0.2, 0) is 14.3 Å². The lowest BCUT2D eigenvalue weighted by Crippen LogP contribution is -2.35. The Labute approximate surface area is 204 Å². The summed E-state index contributed by atoms with van der Waals surface area (Å²) in [6, 6.07) is 13.2. The van der Waals surface area contributed by atoms with Crippen molar-refractivity contribution in [1.29, 1.82) is 0 Å². The number of methoxy groups -OCH3 is 1. The van der Waals surface area contributed by atoms with Gasteiger partial charge in [-0.3, -0.25) is 9.59 Å². The highest BCUT2D eigenvalue weighted by Gasteiger charge is 2.30. The minimum atomic E-state index is -0.679. The van der Waals surface area contributed by atoms with Crippen LogP contribution < -0.4 is 4.74 Å². The maximum Gasteiger partial charge on any atom is 0.305 e. The first-order valence-corrected chi connectivity index (χ1v) is 12.8. The van der Waals surface area contributed by atoms with E-state index in [-0.39, 0.29) is 23.7 Å².